The summed E-state index contributed by atoms with van der Waals surface area (Å²) in [6, 6.07) is 14.2. The Labute approximate surface area is 129 Å². The van der Waals surface area contributed by atoms with E-state index in [4.69, 9.17) is 5.73 Å². The number of nitrogens with two attached hydrogens (primary N) is 1. The largest absolute Gasteiger partial charge is 0.320 e. The molecule has 1 nitrogen and oxygen atoms in total. The quantitative estimate of drug-likeness (QED) is 0.698. The summed E-state index contributed by atoms with van der Waals surface area (Å²) in [7, 11) is 0. The molecule has 0 aliphatic rings. The second kappa shape index (κ2) is 5.54. The van der Waals surface area contributed by atoms with Crippen LogP contribution in [0.4, 0.5) is 8.78 Å². The first kappa shape index (κ1) is 14.2. The Bertz CT molecular complexity index is 797. The summed E-state index contributed by atoms with van der Waals surface area (Å²) < 4.78 is 28.0. The van der Waals surface area contributed by atoms with E-state index in [9.17, 15) is 8.78 Å². The Morgan fingerprint density at radius 2 is 1.62 bits per heavy atom. The number of fused-ring (bicyclic) bond motifs is 1. The Morgan fingerprint density at radius 3 is 2.33 bits per heavy atom. The molecule has 0 aromatic heterocycles. The smallest absolute Gasteiger partial charge is 0.131 e. The molecule has 3 rings (SSSR count). The highest BCUT2D eigenvalue weighted by Gasteiger charge is 2.15. The van der Waals surface area contributed by atoms with Crippen molar-refractivity contribution in [3.8, 4) is 0 Å². The van der Waals surface area contributed by atoms with Crippen LogP contribution in [0.15, 0.2) is 59.1 Å². The molecule has 0 amide bonds. The SMILES string of the molecule is NC(c1cc(F)cc(Br)c1)c1ccc(F)c2ccccc12. The molecule has 0 saturated heterocycles. The van der Waals surface area contributed by atoms with Gasteiger partial charge in [-0.05, 0) is 40.8 Å². The van der Waals surface area contributed by atoms with Crippen LogP contribution in [0.5, 0.6) is 0 Å². The van der Waals surface area contributed by atoms with E-state index < -0.39 is 6.04 Å². The summed E-state index contributed by atoms with van der Waals surface area (Å²) >= 11 is 3.26. The molecular weight excluding hydrogens is 336 g/mol. The standard InChI is InChI=1S/C17H12BrF2N/c18-11-7-10(8-12(19)9-11)17(21)15-5-6-16(20)14-4-2-1-3-13(14)15/h1-9,17H,21H2. The zero-order valence-corrected chi connectivity index (χ0v) is 12.6. The van der Waals surface area contributed by atoms with Gasteiger partial charge in [0.05, 0.1) is 6.04 Å². The number of hydrogen-bond donors (Lipinski definition) is 1. The van der Waals surface area contributed by atoms with Crippen molar-refractivity contribution >= 4 is 26.7 Å². The van der Waals surface area contributed by atoms with Crippen molar-refractivity contribution in [1.29, 1.82) is 0 Å². The summed E-state index contributed by atoms with van der Waals surface area (Å²) in [4.78, 5) is 0. The van der Waals surface area contributed by atoms with Gasteiger partial charge in [-0.3, -0.25) is 0 Å². The third-order valence-electron chi connectivity index (χ3n) is 3.48. The maximum absolute atomic E-state index is 13.9. The van der Waals surface area contributed by atoms with E-state index in [1.54, 1.807) is 24.3 Å². The fraction of sp³-hybridized carbons (Fsp3) is 0.0588. The molecule has 0 bridgehead atoms. The monoisotopic (exact) mass is 347 g/mol. The van der Waals surface area contributed by atoms with Gasteiger partial charge in [0.25, 0.3) is 0 Å². The Hall–Kier alpha value is -1.78. The van der Waals surface area contributed by atoms with Crippen molar-refractivity contribution in [2.75, 3.05) is 0 Å². The molecule has 3 aromatic rings. The lowest BCUT2D eigenvalue weighted by atomic mass is 9.94. The summed E-state index contributed by atoms with van der Waals surface area (Å²) in [5, 5.41) is 1.26. The second-order valence-corrected chi connectivity index (χ2v) is 5.78. The number of hydrogen-bond acceptors (Lipinski definition) is 1. The molecule has 1 atom stereocenters. The fourth-order valence-electron chi connectivity index (χ4n) is 2.49. The van der Waals surface area contributed by atoms with Crippen LogP contribution in [0.25, 0.3) is 10.8 Å². The van der Waals surface area contributed by atoms with Crippen molar-refractivity contribution in [2.45, 2.75) is 6.04 Å². The molecule has 3 aromatic carbocycles. The van der Waals surface area contributed by atoms with Crippen LogP contribution in [-0.4, -0.2) is 0 Å². The zero-order chi connectivity index (χ0) is 15.0. The highest BCUT2D eigenvalue weighted by molar-refractivity contribution is 9.10. The molecule has 0 saturated carbocycles. The van der Waals surface area contributed by atoms with E-state index >= 15 is 0 Å². The van der Waals surface area contributed by atoms with Crippen LogP contribution < -0.4 is 5.73 Å². The van der Waals surface area contributed by atoms with Crippen LogP contribution in [-0.2, 0) is 0 Å². The predicted molar refractivity (Wildman–Crippen MR) is 84.0 cm³/mol. The maximum Gasteiger partial charge on any atom is 0.131 e. The van der Waals surface area contributed by atoms with Crippen molar-refractivity contribution in [3.63, 3.8) is 0 Å². The van der Waals surface area contributed by atoms with Crippen LogP contribution in [0, 0.1) is 11.6 Å². The normalized spacial score (nSPS) is 12.6. The highest BCUT2D eigenvalue weighted by atomic mass is 79.9. The van der Waals surface area contributed by atoms with Crippen molar-refractivity contribution in [1.82, 2.24) is 0 Å². The molecule has 2 N–H and O–H groups in total. The third-order valence-corrected chi connectivity index (χ3v) is 3.94. The van der Waals surface area contributed by atoms with Crippen LogP contribution in [0.3, 0.4) is 0 Å². The molecule has 0 spiro atoms. The second-order valence-electron chi connectivity index (χ2n) is 4.86. The van der Waals surface area contributed by atoms with Gasteiger partial charge in [0, 0.05) is 9.86 Å². The first-order chi connectivity index (χ1) is 10.1. The lowest BCUT2D eigenvalue weighted by Gasteiger charge is -2.16. The number of rotatable bonds is 2. The predicted octanol–water partition coefficient (Wildman–Crippen LogP) is 4.93. The minimum absolute atomic E-state index is 0.290. The summed E-state index contributed by atoms with van der Waals surface area (Å²) in [6.45, 7) is 0. The molecule has 106 valence electrons. The van der Waals surface area contributed by atoms with Gasteiger partial charge >= 0.3 is 0 Å². The van der Waals surface area contributed by atoms with Crippen molar-refractivity contribution in [2.24, 2.45) is 5.73 Å². The summed E-state index contributed by atoms with van der Waals surface area (Å²) in [5.74, 6) is -0.650. The third kappa shape index (κ3) is 2.69. The fourth-order valence-corrected chi connectivity index (χ4v) is 2.97. The van der Waals surface area contributed by atoms with E-state index in [2.05, 4.69) is 15.9 Å². The molecule has 4 heteroatoms. The van der Waals surface area contributed by atoms with Crippen molar-refractivity contribution < 1.29 is 8.78 Å². The molecule has 0 aliphatic heterocycles. The highest BCUT2D eigenvalue weighted by Crippen LogP contribution is 2.30. The van der Waals surface area contributed by atoms with E-state index in [0.29, 0.717) is 15.4 Å². The first-order valence-corrected chi connectivity index (χ1v) is 7.24. The van der Waals surface area contributed by atoms with Gasteiger partial charge in [0.15, 0.2) is 0 Å². The summed E-state index contributed by atoms with van der Waals surface area (Å²) in [5.41, 5.74) is 7.67. The lowest BCUT2D eigenvalue weighted by molar-refractivity contribution is 0.622. The minimum atomic E-state index is -0.525. The van der Waals surface area contributed by atoms with E-state index in [-0.39, 0.29) is 11.6 Å². The number of benzene rings is 3. The average Bonchev–Trinajstić information content (AvgIpc) is 2.46. The van der Waals surface area contributed by atoms with Gasteiger partial charge in [-0.25, -0.2) is 8.78 Å². The molecule has 0 radical (unpaired) electrons. The van der Waals surface area contributed by atoms with Gasteiger partial charge in [-0.2, -0.15) is 0 Å². The van der Waals surface area contributed by atoms with E-state index in [1.807, 2.05) is 12.1 Å². The topological polar surface area (TPSA) is 26.0 Å². The van der Waals surface area contributed by atoms with E-state index in [1.165, 1.54) is 18.2 Å². The Kier molecular flexibility index (Phi) is 3.74. The average molecular weight is 348 g/mol. The first-order valence-electron chi connectivity index (χ1n) is 6.45. The Balaban J connectivity index is 2.18. The number of halogens is 3. The van der Waals surface area contributed by atoms with Gasteiger partial charge in [0.2, 0.25) is 0 Å². The zero-order valence-electron chi connectivity index (χ0n) is 11.0. The van der Waals surface area contributed by atoms with Gasteiger partial charge < -0.3 is 5.73 Å². The molecular formula is C17H12BrF2N. The minimum Gasteiger partial charge on any atom is -0.320 e. The maximum atomic E-state index is 13.9. The molecule has 0 heterocycles. The van der Waals surface area contributed by atoms with Crippen LogP contribution >= 0.6 is 15.9 Å². The molecule has 21 heavy (non-hydrogen) atoms. The van der Waals surface area contributed by atoms with Gasteiger partial charge in [-0.1, -0.05) is 46.3 Å². The molecule has 1 unspecified atom stereocenters. The van der Waals surface area contributed by atoms with Gasteiger partial charge in [-0.15, -0.1) is 0 Å². The van der Waals surface area contributed by atoms with E-state index in [0.717, 1.165) is 10.9 Å². The Morgan fingerprint density at radius 1 is 0.905 bits per heavy atom. The lowest BCUT2D eigenvalue weighted by Crippen LogP contribution is -2.13. The molecule has 0 fully saturated rings. The molecule has 0 aliphatic carbocycles. The van der Waals surface area contributed by atoms with Crippen molar-refractivity contribution in [3.05, 3.63) is 81.8 Å². The van der Waals surface area contributed by atoms with Crippen LogP contribution in [0.1, 0.15) is 17.2 Å². The van der Waals surface area contributed by atoms with Gasteiger partial charge in [0.1, 0.15) is 11.6 Å². The summed E-state index contributed by atoms with van der Waals surface area (Å²) in [6.07, 6.45) is 0. The van der Waals surface area contributed by atoms with Crippen LogP contribution in [0.2, 0.25) is 0 Å².